The fraction of sp³-hybridized carbons (Fsp3) is 0.533. The summed E-state index contributed by atoms with van der Waals surface area (Å²) < 4.78 is 0. The normalized spacial score (nSPS) is 16.5. The van der Waals surface area contributed by atoms with Gasteiger partial charge in [-0.15, -0.1) is 11.3 Å². The van der Waals surface area contributed by atoms with Gasteiger partial charge in [-0.3, -0.25) is 4.79 Å². The Morgan fingerprint density at radius 1 is 1.50 bits per heavy atom. The van der Waals surface area contributed by atoms with Gasteiger partial charge < -0.3 is 16.0 Å². The topological polar surface area (TPSA) is 58.4 Å². The summed E-state index contributed by atoms with van der Waals surface area (Å²) in [6, 6.07) is 3.86. The first kappa shape index (κ1) is 15.0. The number of rotatable bonds is 4. The first-order chi connectivity index (χ1) is 9.69. The molecule has 0 radical (unpaired) electrons. The molecule has 1 saturated heterocycles. The van der Waals surface area contributed by atoms with Crippen molar-refractivity contribution in [2.45, 2.75) is 25.8 Å². The Bertz CT molecular complexity index is 509. The summed E-state index contributed by atoms with van der Waals surface area (Å²) in [5.74, 6) is 5.73. The van der Waals surface area contributed by atoms with Crippen LogP contribution in [0.3, 0.4) is 0 Å². The zero-order valence-electron chi connectivity index (χ0n) is 11.8. The average molecular weight is 291 g/mol. The average Bonchev–Trinajstić information content (AvgIpc) is 3.07. The summed E-state index contributed by atoms with van der Waals surface area (Å²) in [6.07, 6.45) is 2.55. The van der Waals surface area contributed by atoms with Crippen LogP contribution in [0, 0.1) is 11.8 Å². The molecule has 2 rings (SSSR count). The first-order valence-corrected chi connectivity index (χ1v) is 7.82. The van der Waals surface area contributed by atoms with Crippen LogP contribution in [0.1, 0.15) is 34.3 Å². The molecule has 0 aromatic carbocycles. The highest BCUT2D eigenvalue weighted by Gasteiger charge is 2.17. The minimum atomic E-state index is -0.0116. The van der Waals surface area contributed by atoms with Crippen molar-refractivity contribution in [2.24, 2.45) is 5.73 Å². The van der Waals surface area contributed by atoms with Crippen molar-refractivity contribution in [3.63, 3.8) is 0 Å². The van der Waals surface area contributed by atoms with Crippen molar-refractivity contribution < 1.29 is 4.79 Å². The predicted molar refractivity (Wildman–Crippen MR) is 82.9 cm³/mol. The van der Waals surface area contributed by atoms with Crippen LogP contribution in [0.4, 0.5) is 0 Å². The lowest BCUT2D eigenvalue weighted by Crippen LogP contribution is -2.40. The zero-order valence-corrected chi connectivity index (χ0v) is 12.6. The third-order valence-corrected chi connectivity index (χ3v) is 4.25. The van der Waals surface area contributed by atoms with E-state index in [2.05, 4.69) is 29.0 Å². The smallest absolute Gasteiger partial charge is 0.261 e. The second-order valence-corrected chi connectivity index (χ2v) is 6.14. The molecular formula is C15H21N3OS. The van der Waals surface area contributed by atoms with E-state index in [0.29, 0.717) is 11.4 Å². The van der Waals surface area contributed by atoms with Gasteiger partial charge in [0.1, 0.15) is 0 Å². The number of nitrogens with one attached hydrogen (secondary N) is 1. The molecule has 1 aromatic heterocycles. The van der Waals surface area contributed by atoms with E-state index < -0.39 is 0 Å². The van der Waals surface area contributed by atoms with Crippen LogP contribution >= 0.6 is 11.3 Å². The van der Waals surface area contributed by atoms with Gasteiger partial charge in [-0.1, -0.05) is 11.8 Å². The van der Waals surface area contributed by atoms with E-state index in [9.17, 15) is 4.79 Å². The van der Waals surface area contributed by atoms with Crippen molar-refractivity contribution >= 4 is 17.2 Å². The van der Waals surface area contributed by atoms with E-state index in [1.807, 2.05) is 12.1 Å². The number of hydrogen-bond acceptors (Lipinski definition) is 4. The number of amides is 1. The fourth-order valence-corrected chi connectivity index (χ4v) is 3.14. The van der Waals surface area contributed by atoms with Crippen LogP contribution in [0.5, 0.6) is 0 Å². The van der Waals surface area contributed by atoms with Gasteiger partial charge in [-0.25, -0.2) is 0 Å². The number of carbonyl (C=O) groups is 1. The van der Waals surface area contributed by atoms with Crippen molar-refractivity contribution in [3.05, 3.63) is 21.9 Å². The van der Waals surface area contributed by atoms with E-state index >= 15 is 0 Å². The molecule has 0 bridgehead atoms. The quantitative estimate of drug-likeness (QED) is 0.822. The van der Waals surface area contributed by atoms with Crippen LogP contribution < -0.4 is 11.1 Å². The van der Waals surface area contributed by atoms with Gasteiger partial charge in [-0.2, -0.15) is 0 Å². The molecule has 4 nitrogen and oxygen atoms in total. The Balaban J connectivity index is 1.85. The van der Waals surface area contributed by atoms with Crippen molar-refractivity contribution in [3.8, 4) is 11.8 Å². The lowest BCUT2D eigenvalue weighted by atomic mass is 10.3. The van der Waals surface area contributed by atoms with E-state index in [0.717, 1.165) is 24.5 Å². The summed E-state index contributed by atoms with van der Waals surface area (Å²) in [5, 5.41) is 3.05. The molecule has 1 aliphatic heterocycles. The number of thiophene rings is 1. The van der Waals surface area contributed by atoms with E-state index in [1.165, 1.54) is 24.2 Å². The highest BCUT2D eigenvalue weighted by atomic mass is 32.1. The largest absolute Gasteiger partial charge is 0.348 e. The first-order valence-electron chi connectivity index (χ1n) is 7.01. The summed E-state index contributed by atoms with van der Waals surface area (Å²) in [6.45, 7) is 5.62. The molecular weight excluding hydrogens is 270 g/mol. The van der Waals surface area contributed by atoms with E-state index in [1.54, 1.807) is 0 Å². The molecule has 0 saturated carbocycles. The maximum atomic E-state index is 12.1. The Kier molecular flexibility index (Phi) is 5.60. The number of hydrogen-bond donors (Lipinski definition) is 2. The molecule has 5 heteroatoms. The minimum absolute atomic E-state index is 0.0116. The van der Waals surface area contributed by atoms with Gasteiger partial charge in [0.15, 0.2) is 0 Å². The molecule has 1 aliphatic rings. The highest BCUT2D eigenvalue weighted by molar-refractivity contribution is 7.14. The second kappa shape index (κ2) is 7.44. The molecule has 1 fully saturated rings. The van der Waals surface area contributed by atoms with Crippen molar-refractivity contribution in [1.82, 2.24) is 10.2 Å². The molecule has 20 heavy (non-hydrogen) atoms. The lowest BCUT2D eigenvalue weighted by Gasteiger charge is -2.20. The van der Waals surface area contributed by atoms with E-state index in [4.69, 9.17) is 5.73 Å². The monoisotopic (exact) mass is 291 g/mol. The predicted octanol–water partition coefficient (Wildman–Crippen LogP) is 1.27. The standard InChI is InChI=1S/C15H21N3OS/c1-12(11-18-9-2-3-10-18)17-15(19)14-7-6-13(20-14)5-4-8-16/h6-7,12H,2-3,8-11,16H2,1H3,(H,17,19). The molecule has 0 spiro atoms. The number of carbonyl (C=O) groups excluding carboxylic acids is 1. The molecule has 0 aliphatic carbocycles. The summed E-state index contributed by atoms with van der Waals surface area (Å²) in [4.78, 5) is 16.1. The number of nitrogens with two attached hydrogens (primary N) is 1. The summed E-state index contributed by atoms with van der Waals surface area (Å²) in [7, 11) is 0. The summed E-state index contributed by atoms with van der Waals surface area (Å²) in [5.41, 5.74) is 5.33. The van der Waals surface area contributed by atoms with E-state index in [-0.39, 0.29) is 11.9 Å². The van der Waals surface area contributed by atoms with Gasteiger partial charge in [0, 0.05) is 12.6 Å². The summed E-state index contributed by atoms with van der Waals surface area (Å²) >= 11 is 1.41. The van der Waals surface area contributed by atoms with Gasteiger partial charge in [0.25, 0.3) is 5.91 Å². The molecule has 1 unspecified atom stereocenters. The lowest BCUT2D eigenvalue weighted by molar-refractivity contribution is 0.0936. The van der Waals surface area contributed by atoms with Crippen molar-refractivity contribution in [1.29, 1.82) is 0 Å². The SMILES string of the molecule is CC(CN1CCCC1)NC(=O)c1ccc(C#CCN)s1. The Hall–Kier alpha value is -1.35. The molecule has 2 heterocycles. The van der Waals surface area contributed by atoms with Crippen LogP contribution in [0.25, 0.3) is 0 Å². The third-order valence-electron chi connectivity index (χ3n) is 3.25. The van der Waals surface area contributed by atoms with Gasteiger partial charge in [0.05, 0.1) is 16.3 Å². The van der Waals surface area contributed by atoms with Crippen molar-refractivity contribution in [2.75, 3.05) is 26.2 Å². The highest BCUT2D eigenvalue weighted by Crippen LogP contribution is 2.15. The van der Waals surface area contributed by atoms with Crippen LogP contribution in [-0.4, -0.2) is 43.0 Å². The molecule has 3 N–H and O–H groups in total. The van der Waals surface area contributed by atoms with Gasteiger partial charge in [-0.05, 0) is 45.0 Å². The van der Waals surface area contributed by atoms with Gasteiger partial charge >= 0.3 is 0 Å². The van der Waals surface area contributed by atoms with Crippen LogP contribution in [-0.2, 0) is 0 Å². The number of likely N-dealkylation sites (tertiary alicyclic amines) is 1. The Morgan fingerprint density at radius 3 is 2.95 bits per heavy atom. The Labute approximate surface area is 124 Å². The molecule has 1 amide bonds. The fourth-order valence-electron chi connectivity index (χ4n) is 2.36. The van der Waals surface area contributed by atoms with Crippen LogP contribution in [0.15, 0.2) is 12.1 Å². The third kappa shape index (κ3) is 4.34. The van der Waals surface area contributed by atoms with Crippen LogP contribution in [0.2, 0.25) is 0 Å². The number of nitrogens with zero attached hydrogens (tertiary/aromatic N) is 1. The molecule has 1 atom stereocenters. The maximum Gasteiger partial charge on any atom is 0.261 e. The zero-order chi connectivity index (χ0) is 14.4. The maximum absolute atomic E-state index is 12.1. The Morgan fingerprint density at radius 2 is 2.25 bits per heavy atom. The minimum Gasteiger partial charge on any atom is -0.348 e. The molecule has 1 aromatic rings. The van der Waals surface area contributed by atoms with Gasteiger partial charge in [0.2, 0.25) is 0 Å². The second-order valence-electron chi connectivity index (χ2n) is 5.05. The molecule has 108 valence electrons.